The topological polar surface area (TPSA) is 125 Å². The summed E-state index contributed by atoms with van der Waals surface area (Å²) in [7, 11) is 0.858. The second-order valence-corrected chi connectivity index (χ2v) is 7.90. The maximum atomic E-state index is 14.0. The van der Waals surface area contributed by atoms with E-state index in [9.17, 15) is 45.8 Å². The van der Waals surface area contributed by atoms with Gasteiger partial charge in [0.05, 0.1) is 30.4 Å². The van der Waals surface area contributed by atoms with Gasteiger partial charge in [0, 0.05) is 12.4 Å². The van der Waals surface area contributed by atoms with Gasteiger partial charge in [0.15, 0.2) is 11.4 Å². The molecule has 0 aliphatic rings. The van der Waals surface area contributed by atoms with E-state index in [0.29, 0.717) is 6.20 Å². The summed E-state index contributed by atoms with van der Waals surface area (Å²) in [5.41, 5.74) is -9.07. The molecule has 0 aliphatic carbocycles. The number of esters is 1. The Morgan fingerprint density at radius 2 is 1.16 bits per heavy atom. The molecule has 0 atom stereocenters. The van der Waals surface area contributed by atoms with E-state index in [1.807, 2.05) is 0 Å². The van der Waals surface area contributed by atoms with Crippen molar-refractivity contribution in [2.75, 3.05) is 7.11 Å². The molecule has 0 radical (unpaired) electrons. The number of alkyl halides is 6. The molecule has 2 aromatic heterocycles. The number of carboxylic acids is 1. The quantitative estimate of drug-likeness (QED) is 0.287. The summed E-state index contributed by atoms with van der Waals surface area (Å²) >= 11 is 0. The van der Waals surface area contributed by atoms with Crippen LogP contribution >= 0.6 is 0 Å². The lowest BCUT2D eigenvalue weighted by Crippen LogP contribution is -2.26. The van der Waals surface area contributed by atoms with Crippen molar-refractivity contribution in [2.45, 2.75) is 52.3 Å². The fourth-order valence-corrected chi connectivity index (χ4v) is 3.09. The highest BCUT2D eigenvalue weighted by atomic mass is 19.4. The molecule has 0 bridgehead atoms. The van der Waals surface area contributed by atoms with E-state index in [2.05, 4.69) is 14.7 Å². The summed E-state index contributed by atoms with van der Waals surface area (Å²) in [6.07, 6.45) is -12.2. The molecule has 0 aliphatic heterocycles. The molecule has 0 aromatic carbocycles. The number of carboxylic acid groups (broad SMARTS) is 1. The van der Waals surface area contributed by atoms with Crippen LogP contribution in [-0.4, -0.2) is 52.1 Å². The second kappa shape index (κ2) is 10.6. The summed E-state index contributed by atoms with van der Waals surface area (Å²) in [6.45, 7) is 5.18. The van der Waals surface area contributed by atoms with Gasteiger partial charge in [-0.05, 0) is 27.7 Å². The Balaban J connectivity index is 3.17. The van der Waals surface area contributed by atoms with E-state index < -0.39 is 87.4 Å². The molecule has 0 saturated heterocycles. The zero-order chi connectivity index (χ0) is 28.5. The van der Waals surface area contributed by atoms with Gasteiger partial charge in [0.2, 0.25) is 5.78 Å². The minimum absolute atomic E-state index is 0.263. The van der Waals surface area contributed by atoms with Crippen molar-refractivity contribution in [1.29, 1.82) is 0 Å². The molecule has 15 heteroatoms. The number of pyridine rings is 2. The molecule has 0 saturated carbocycles. The molecular formula is C22H20F6N2O7. The standard InChI is InChI=1S/C22H20F6N2O7/c1-8(2)36-15-10(19(32)33)6-29-17(21(23,24)25)12(15)14(31)13-16(37-9(3)4)11(20(34)35-5)7-30-18(13)22(26,27)28/h6-9H,1-5H3,(H,32,33). The van der Waals surface area contributed by atoms with E-state index in [1.54, 1.807) is 0 Å². The van der Waals surface area contributed by atoms with Crippen LogP contribution in [-0.2, 0) is 17.1 Å². The Hall–Kier alpha value is -3.91. The number of rotatable bonds is 8. The third-order valence-electron chi connectivity index (χ3n) is 4.40. The van der Waals surface area contributed by atoms with Crippen LogP contribution < -0.4 is 9.47 Å². The number of ketones is 1. The van der Waals surface area contributed by atoms with Gasteiger partial charge in [0.1, 0.15) is 22.6 Å². The van der Waals surface area contributed by atoms with Gasteiger partial charge in [-0.1, -0.05) is 0 Å². The van der Waals surface area contributed by atoms with E-state index in [-0.39, 0.29) is 6.20 Å². The number of hydrogen-bond acceptors (Lipinski definition) is 8. The van der Waals surface area contributed by atoms with Crippen LogP contribution in [0, 0.1) is 0 Å². The first-order valence-electron chi connectivity index (χ1n) is 10.3. The van der Waals surface area contributed by atoms with E-state index in [4.69, 9.17) is 9.47 Å². The van der Waals surface area contributed by atoms with Gasteiger partial charge < -0.3 is 19.3 Å². The van der Waals surface area contributed by atoms with Crippen molar-refractivity contribution in [2.24, 2.45) is 0 Å². The largest absolute Gasteiger partial charge is 0.489 e. The summed E-state index contributed by atoms with van der Waals surface area (Å²) in [5.74, 6) is -7.47. The van der Waals surface area contributed by atoms with Crippen molar-refractivity contribution in [1.82, 2.24) is 9.97 Å². The minimum atomic E-state index is -5.44. The third-order valence-corrected chi connectivity index (χ3v) is 4.40. The normalized spacial score (nSPS) is 12.0. The van der Waals surface area contributed by atoms with E-state index in [1.165, 1.54) is 27.7 Å². The first-order valence-corrected chi connectivity index (χ1v) is 10.3. The van der Waals surface area contributed by atoms with Crippen LogP contribution in [0.25, 0.3) is 0 Å². The average molecular weight is 538 g/mol. The van der Waals surface area contributed by atoms with E-state index >= 15 is 0 Å². The second-order valence-electron chi connectivity index (χ2n) is 7.90. The molecule has 37 heavy (non-hydrogen) atoms. The van der Waals surface area contributed by atoms with Crippen LogP contribution in [0.2, 0.25) is 0 Å². The Bertz CT molecular complexity index is 1220. The molecule has 202 valence electrons. The molecule has 1 N–H and O–H groups in total. The maximum Gasteiger partial charge on any atom is 0.434 e. The van der Waals surface area contributed by atoms with E-state index in [0.717, 1.165) is 7.11 Å². The van der Waals surface area contributed by atoms with Crippen molar-refractivity contribution in [3.05, 3.63) is 46.0 Å². The first-order chi connectivity index (χ1) is 16.9. The van der Waals surface area contributed by atoms with Crippen molar-refractivity contribution >= 4 is 17.7 Å². The Morgan fingerprint density at radius 3 is 1.49 bits per heavy atom. The van der Waals surface area contributed by atoms with Crippen LogP contribution in [0.1, 0.15) is 75.7 Å². The average Bonchev–Trinajstić information content (AvgIpc) is 2.75. The molecule has 9 nitrogen and oxygen atoms in total. The van der Waals surface area contributed by atoms with Crippen molar-refractivity contribution in [3.8, 4) is 11.5 Å². The number of ether oxygens (including phenoxy) is 3. The smallest absolute Gasteiger partial charge is 0.434 e. The molecular weight excluding hydrogens is 518 g/mol. The molecule has 2 heterocycles. The monoisotopic (exact) mass is 538 g/mol. The molecule has 0 spiro atoms. The molecule has 0 unspecified atom stereocenters. The van der Waals surface area contributed by atoms with Crippen LogP contribution in [0.15, 0.2) is 12.4 Å². The fraction of sp³-hybridized carbons (Fsp3) is 0.409. The van der Waals surface area contributed by atoms with Gasteiger partial charge in [-0.15, -0.1) is 0 Å². The predicted octanol–water partition coefficient (Wildman–Crippen LogP) is 4.80. The molecule has 0 fully saturated rings. The van der Waals surface area contributed by atoms with Crippen LogP contribution in [0.3, 0.4) is 0 Å². The summed E-state index contributed by atoms with van der Waals surface area (Å²) < 4.78 is 98.6. The van der Waals surface area contributed by atoms with Gasteiger partial charge in [-0.25, -0.2) is 19.6 Å². The number of hydrogen-bond donors (Lipinski definition) is 1. The van der Waals surface area contributed by atoms with Crippen molar-refractivity contribution in [3.63, 3.8) is 0 Å². The lowest BCUT2D eigenvalue weighted by Gasteiger charge is -2.23. The molecule has 0 amide bonds. The highest BCUT2D eigenvalue weighted by Crippen LogP contribution is 2.43. The number of aromatic nitrogens is 2. The minimum Gasteiger partial charge on any atom is -0.489 e. The van der Waals surface area contributed by atoms with Gasteiger partial charge in [-0.3, -0.25) is 4.79 Å². The summed E-state index contributed by atoms with van der Waals surface area (Å²) in [5, 5.41) is 9.46. The van der Waals surface area contributed by atoms with Gasteiger partial charge in [-0.2, -0.15) is 26.3 Å². The third kappa shape index (κ3) is 6.27. The number of aromatic carboxylic acids is 1. The highest BCUT2D eigenvalue weighted by molar-refractivity contribution is 6.16. The Morgan fingerprint density at radius 1 is 0.784 bits per heavy atom. The lowest BCUT2D eigenvalue weighted by atomic mass is 9.94. The number of carbonyl (C=O) groups is 3. The van der Waals surface area contributed by atoms with Gasteiger partial charge >= 0.3 is 24.3 Å². The predicted molar refractivity (Wildman–Crippen MR) is 112 cm³/mol. The number of carbonyl (C=O) groups excluding carboxylic acids is 2. The molecule has 2 aromatic rings. The van der Waals surface area contributed by atoms with Crippen molar-refractivity contribution < 1.29 is 60.0 Å². The zero-order valence-corrected chi connectivity index (χ0v) is 19.9. The molecule has 2 rings (SSSR count). The first kappa shape index (κ1) is 29.3. The summed E-state index contributed by atoms with van der Waals surface area (Å²) in [4.78, 5) is 43.7. The van der Waals surface area contributed by atoms with Crippen LogP contribution in [0.4, 0.5) is 26.3 Å². The zero-order valence-electron chi connectivity index (χ0n) is 19.9. The Labute approximate surface area is 205 Å². The van der Waals surface area contributed by atoms with Crippen LogP contribution in [0.5, 0.6) is 11.5 Å². The van der Waals surface area contributed by atoms with Gasteiger partial charge in [0.25, 0.3) is 0 Å². The SMILES string of the molecule is COC(=O)c1cnc(C(F)(F)F)c(C(=O)c2c(C(F)(F)F)ncc(C(=O)O)c2OC(C)C)c1OC(C)C. The number of methoxy groups -OCH3 is 1. The Kier molecular flexibility index (Phi) is 8.40. The lowest BCUT2D eigenvalue weighted by molar-refractivity contribution is -0.141. The number of halogens is 6. The highest BCUT2D eigenvalue weighted by Gasteiger charge is 2.46. The maximum absolute atomic E-state index is 14.0. The number of nitrogens with zero attached hydrogens (tertiary/aromatic N) is 2. The fourth-order valence-electron chi connectivity index (χ4n) is 3.09. The summed E-state index contributed by atoms with van der Waals surface area (Å²) in [6, 6.07) is 0.